The summed E-state index contributed by atoms with van der Waals surface area (Å²) in [6.45, 7) is 9.49. The van der Waals surface area contributed by atoms with Crippen LogP contribution in [0.4, 0.5) is 11.5 Å². The van der Waals surface area contributed by atoms with E-state index in [1.165, 1.54) is 23.0 Å². The van der Waals surface area contributed by atoms with Gasteiger partial charge in [0, 0.05) is 25.3 Å². The van der Waals surface area contributed by atoms with Crippen molar-refractivity contribution in [1.29, 1.82) is 0 Å². The number of aromatic nitrogens is 3. The molecule has 1 atom stereocenters. The molecule has 1 aromatic carbocycles. The van der Waals surface area contributed by atoms with Gasteiger partial charge in [0.25, 0.3) is 5.56 Å². The molecule has 0 amide bonds. The van der Waals surface area contributed by atoms with Crippen LogP contribution in [0.3, 0.4) is 0 Å². The number of nitrogens with one attached hydrogen (secondary N) is 1. The fourth-order valence-corrected chi connectivity index (χ4v) is 4.81. The van der Waals surface area contributed by atoms with Gasteiger partial charge in [-0.1, -0.05) is 36.8 Å². The number of nitrogens with zero attached hydrogens (tertiary/aromatic N) is 4. The van der Waals surface area contributed by atoms with Crippen LogP contribution in [0.1, 0.15) is 68.9 Å². The summed E-state index contributed by atoms with van der Waals surface area (Å²) in [6, 6.07) is 12.1. The molecule has 0 radical (unpaired) electrons. The van der Waals surface area contributed by atoms with Gasteiger partial charge in [0.15, 0.2) is 0 Å². The van der Waals surface area contributed by atoms with Crippen LogP contribution in [-0.4, -0.2) is 20.7 Å². The largest absolute Gasteiger partial charge is 0.477 e. The highest BCUT2D eigenvalue weighted by Crippen LogP contribution is 2.42. The average molecular weight is 490 g/mol. The zero-order chi connectivity index (χ0) is 25.4. The smallest absolute Gasteiger partial charge is 0.332 e. The predicted octanol–water partition coefficient (Wildman–Crippen LogP) is 4.62. The van der Waals surface area contributed by atoms with E-state index in [4.69, 9.17) is 4.74 Å². The second-order valence-corrected chi connectivity index (χ2v) is 10.2. The zero-order valence-corrected chi connectivity index (χ0v) is 21.5. The minimum Gasteiger partial charge on any atom is -0.477 e. The van der Waals surface area contributed by atoms with Gasteiger partial charge in [0.1, 0.15) is 17.7 Å². The first-order valence-electron chi connectivity index (χ1n) is 12.9. The van der Waals surface area contributed by atoms with Gasteiger partial charge in [-0.2, -0.15) is 0 Å². The number of anilines is 2. The highest BCUT2D eigenvalue weighted by molar-refractivity contribution is 5.73. The van der Waals surface area contributed by atoms with Crippen molar-refractivity contribution in [2.24, 2.45) is 5.92 Å². The zero-order valence-electron chi connectivity index (χ0n) is 21.5. The number of ether oxygens (including phenoxy) is 1. The second kappa shape index (κ2) is 9.84. The molecule has 1 unspecified atom stereocenters. The summed E-state index contributed by atoms with van der Waals surface area (Å²) in [4.78, 5) is 33.8. The first-order chi connectivity index (χ1) is 17.4. The molecule has 5 rings (SSSR count). The second-order valence-electron chi connectivity index (χ2n) is 10.2. The Morgan fingerprint density at radius 2 is 1.89 bits per heavy atom. The SMILES string of the molecule is CCCn1c(=O)c2c(n(C(C)C)c1=O)NC(c1cccnc1OCC1CC1)N2Cc1ccc(C)cc1. The Labute approximate surface area is 211 Å². The number of pyridine rings is 1. The molecular weight excluding hydrogens is 454 g/mol. The van der Waals surface area contributed by atoms with E-state index in [0.29, 0.717) is 49.4 Å². The Kier molecular flexibility index (Phi) is 6.60. The summed E-state index contributed by atoms with van der Waals surface area (Å²) in [7, 11) is 0. The van der Waals surface area contributed by atoms with E-state index in [1.54, 1.807) is 10.8 Å². The van der Waals surface area contributed by atoms with Gasteiger partial charge in [-0.15, -0.1) is 0 Å². The van der Waals surface area contributed by atoms with Crippen LogP contribution < -0.4 is 26.2 Å². The van der Waals surface area contributed by atoms with E-state index in [9.17, 15) is 9.59 Å². The maximum atomic E-state index is 13.8. The molecule has 3 aromatic rings. The fraction of sp³-hybridized carbons (Fsp3) is 0.464. The first-order valence-corrected chi connectivity index (χ1v) is 12.9. The molecule has 8 heteroatoms. The topological polar surface area (TPSA) is 81.4 Å². The molecule has 1 aliphatic heterocycles. The summed E-state index contributed by atoms with van der Waals surface area (Å²) in [5.41, 5.74) is 3.08. The van der Waals surface area contributed by atoms with Crippen LogP contribution in [0, 0.1) is 12.8 Å². The fourth-order valence-electron chi connectivity index (χ4n) is 4.81. The standard InChI is InChI=1S/C28H35N5O3/c1-5-15-31-27(34)23-25(33(18(2)3)28(31)35)30-24(32(23)16-20-10-8-19(4)9-11-20)22-7-6-14-29-26(22)36-17-21-12-13-21/h6-11,14,18,21,24,30H,5,12-13,15-17H2,1-4H3. The monoisotopic (exact) mass is 489 g/mol. The van der Waals surface area contributed by atoms with Crippen LogP contribution in [0.5, 0.6) is 5.88 Å². The lowest BCUT2D eigenvalue weighted by molar-refractivity contribution is 0.284. The minimum absolute atomic E-state index is 0.123. The lowest BCUT2D eigenvalue weighted by Crippen LogP contribution is -2.42. The summed E-state index contributed by atoms with van der Waals surface area (Å²) in [5.74, 6) is 1.71. The van der Waals surface area contributed by atoms with E-state index >= 15 is 0 Å². The summed E-state index contributed by atoms with van der Waals surface area (Å²) in [5, 5.41) is 3.53. The molecule has 3 heterocycles. The first kappa shape index (κ1) is 24.2. The number of fused-ring (bicyclic) bond motifs is 1. The Morgan fingerprint density at radius 1 is 1.14 bits per heavy atom. The number of aryl methyl sites for hydroxylation is 1. The Hall–Kier alpha value is -3.55. The maximum Gasteiger partial charge on any atom is 0.332 e. The quantitative estimate of drug-likeness (QED) is 0.472. The molecule has 8 nitrogen and oxygen atoms in total. The average Bonchev–Trinajstić information content (AvgIpc) is 3.62. The highest BCUT2D eigenvalue weighted by Gasteiger charge is 2.38. The molecule has 2 aromatic heterocycles. The van der Waals surface area contributed by atoms with Crippen molar-refractivity contribution in [3.8, 4) is 5.88 Å². The van der Waals surface area contributed by atoms with Gasteiger partial charge in [-0.3, -0.25) is 13.9 Å². The molecule has 190 valence electrons. The van der Waals surface area contributed by atoms with Crippen molar-refractivity contribution < 1.29 is 4.74 Å². The third-order valence-electron chi connectivity index (χ3n) is 6.91. The van der Waals surface area contributed by atoms with E-state index < -0.39 is 6.17 Å². The van der Waals surface area contributed by atoms with Crippen LogP contribution in [0.15, 0.2) is 52.2 Å². The van der Waals surface area contributed by atoms with Crippen molar-refractivity contribution >= 4 is 11.5 Å². The van der Waals surface area contributed by atoms with Crippen LogP contribution >= 0.6 is 0 Å². The molecule has 1 fully saturated rings. The summed E-state index contributed by atoms with van der Waals surface area (Å²) in [6.07, 6.45) is 4.40. The molecule has 0 spiro atoms. The van der Waals surface area contributed by atoms with Crippen molar-refractivity contribution in [2.75, 3.05) is 16.8 Å². The third kappa shape index (κ3) is 4.52. The van der Waals surface area contributed by atoms with E-state index in [0.717, 1.165) is 11.1 Å². The van der Waals surface area contributed by atoms with E-state index in [2.05, 4.69) is 46.4 Å². The van der Waals surface area contributed by atoms with Crippen molar-refractivity contribution in [3.63, 3.8) is 0 Å². The normalized spacial score (nSPS) is 16.8. The molecule has 1 saturated carbocycles. The van der Waals surface area contributed by atoms with E-state index in [1.807, 2.05) is 32.9 Å². The van der Waals surface area contributed by atoms with Crippen LogP contribution in [0.25, 0.3) is 0 Å². The number of rotatable bonds is 9. The summed E-state index contributed by atoms with van der Waals surface area (Å²) < 4.78 is 9.23. The highest BCUT2D eigenvalue weighted by atomic mass is 16.5. The Bertz CT molecular complexity index is 1360. The van der Waals surface area contributed by atoms with Gasteiger partial charge >= 0.3 is 5.69 Å². The van der Waals surface area contributed by atoms with Crippen molar-refractivity contribution in [1.82, 2.24) is 14.1 Å². The van der Waals surface area contributed by atoms with Gasteiger partial charge < -0.3 is 15.0 Å². The van der Waals surface area contributed by atoms with Crippen LogP contribution in [-0.2, 0) is 13.1 Å². The predicted molar refractivity (Wildman–Crippen MR) is 142 cm³/mol. The Balaban J connectivity index is 1.66. The third-order valence-corrected chi connectivity index (χ3v) is 6.91. The van der Waals surface area contributed by atoms with Gasteiger partial charge in [-0.25, -0.2) is 9.78 Å². The van der Waals surface area contributed by atoms with Gasteiger partial charge in [-0.05, 0) is 63.6 Å². The molecular formula is C28H35N5O3. The lowest BCUT2D eigenvalue weighted by atomic mass is 10.1. The maximum absolute atomic E-state index is 13.8. The molecule has 0 bridgehead atoms. The Morgan fingerprint density at radius 3 is 2.56 bits per heavy atom. The molecule has 1 N–H and O–H groups in total. The molecule has 36 heavy (non-hydrogen) atoms. The number of hydrogen-bond donors (Lipinski definition) is 1. The number of hydrogen-bond acceptors (Lipinski definition) is 6. The lowest BCUT2D eigenvalue weighted by Gasteiger charge is -2.27. The summed E-state index contributed by atoms with van der Waals surface area (Å²) >= 11 is 0. The van der Waals surface area contributed by atoms with E-state index in [-0.39, 0.29) is 17.3 Å². The van der Waals surface area contributed by atoms with Crippen LogP contribution in [0.2, 0.25) is 0 Å². The molecule has 1 aliphatic carbocycles. The molecule has 2 aliphatic rings. The van der Waals surface area contributed by atoms with Gasteiger partial charge in [0.05, 0.1) is 12.2 Å². The molecule has 0 saturated heterocycles. The number of benzene rings is 1. The van der Waals surface area contributed by atoms with Crippen molar-refractivity contribution in [3.05, 3.63) is 80.1 Å². The van der Waals surface area contributed by atoms with Gasteiger partial charge in [0.2, 0.25) is 5.88 Å². The van der Waals surface area contributed by atoms with Crippen molar-refractivity contribution in [2.45, 2.75) is 72.3 Å². The minimum atomic E-state index is -0.404.